The molecule has 0 spiro atoms. The van der Waals surface area contributed by atoms with Crippen LogP contribution < -0.4 is 11.1 Å². The third-order valence-electron chi connectivity index (χ3n) is 5.12. The second kappa shape index (κ2) is 8.48. The van der Waals surface area contributed by atoms with Crippen molar-refractivity contribution in [3.05, 3.63) is 83.4 Å². The van der Waals surface area contributed by atoms with E-state index in [0.717, 1.165) is 21.9 Å². The first-order valence-corrected chi connectivity index (χ1v) is 9.88. The lowest BCUT2D eigenvalue weighted by atomic mass is 9.86. The van der Waals surface area contributed by atoms with E-state index in [-0.39, 0.29) is 17.7 Å². The Morgan fingerprint density at radius 3 is 2.14 bits per heavy atom. The maximum atomic E-state index is 12.5. The Hall–Kier alpha value is -3.14. The van der Waals surface area contributed by atoms with E-state index >= 15 is 0 Å². The number of nitrogens with two attached hydrogens (primary N) is 1. The van der Waals surface area contributed by atoms with Crippen LogP contribution in [0.2, 0.25) is 0 Å². The van der Waals surface area contributed by atoms with Gasteiger partial charge in [0.15, 0.2) is 0 Å². The van der Waals surface area contributed by atoms with Crippen molar-refractivity contribution in [3.63, 3.8) is 0 Å². The fourth-order valence-corrected chi connectivity index (χ4v) is 3.38. The van der Waals surface area contributed by atoms with Gasteiger partial charge in [0, 0.05) is 6.42 Å². The Morgan fingerprint density at radius 1 is 0.897 bits per heavy atom. The maximum Gasteiger partial charge on any atom is 0.240 e. The summed E-state index contributed by atoms with van der Waals surface area (Å²) in [5.74, 6) is -0.743. The molecule has 0 unspecified atom stereocenters. The van der Waals surface area contributed by atoms with E-state index in [1.54, 1.807) is 0 Å². The lowest BCUT2D eigenvalue weighted by Gasteiger charge is -2.20. The van der Waals surface area contributed by atoms with Gasteiger partial charge >= 0.3 is 0 Å². The number of hydrogen-bond donors (Lipinski definition) is 2. The third-order valence-corrected chi connectivity index (χ3v) is 5.12. The summed E-state index contributed by atoms with van der Waals surface area (Å²) in [7, 11) is 0. The summed E-state index contributed by atoms with van der Waals surface area (Å²) < 4.78 is 0. The quantitative estimate of drug-likeness (QED) is 0.672. The molecule has 3 aromatic rings. The van der Waals surface area contributed by atoms with Gasteiger partial charge in [0.05, 0.1) is 6.42 Å². The van der Waals surface area contributed by atoms with Crippen molar-refractivity contribution < 1.29 is 9.59 Å². The molecule has 0 bridgehead atoms. The predicted molar refractivity (Wildman–Crippen MR) is 118 cm³/mol. The first kappa shape index (κ1) is 20.6. The normalized spacial score (nSPS) is 12.5. The maximum absolute atomic E-state index is 12.5. The highest BCUT2D eigenvalue weighted by molar-refractivity contribution is 5.89. The Kier molecular flexibility index (Phi) is 6.02. The SMILES string of the molecule is CC(C)(C)c1ccc(C[C@@H](NC(=O)Cc2ccc3ccccc3c2)C(N)=O)cc1. The van der Waals surface area contributed by atoms with Crippen molar-refractivity contribution >= 4 is 22.6 Å². The number of hydrogen-bond acceptors (Lipinski definition) is 2. The topological polar surface area (TPSA) is 72.2 Å². The number of nitrogens with one attached hydrogen (secondary N) is 1. The van der Waals surface area contributed by atoms with Crippen LogP contribution in [0.3, 0.4) is 0 Å². The molecule has 0 aliphatic heterocycles. The molecule has 0 saturated heterocycles. The summed E-state index contributed by atoms with van der Waals surface area (Å²) in [4.78, 5) is 24.4. The number of rotatable bonds is 6. The number of fused-ring (bicyclic) bond motifs is 1. The van der Waals surface area contributed by atoms with Crippen molar-refractivity contribution in [3.8, 4) is 0 Å². The second-order valence-corrected chi connectivity index (χ2v) is 8.53. The highest BCUT2D eigenvalue weighted by atomic mass is 16.2. The van der Waals surface area contributed by atoms with E-state index in [1.165, 1.54) is 5.56 Å². The molecule has 29 heavy (non-hydrogen) atoms. The van der Waals surface area contributed by atoms with Crippen LogP contribution in [0.25, 0.3) is 10.8 Å². The van der Waals surface area contributed by atoms with E-state index in [4.69, 9.17) is 5.73 Å². The van der Waals surface area contributed by atoms with Gasteiger partial charge in [-0.15, -0.1) is 0 Å². The Bertz CT molecular complexity index is 1020. The Balaban J connectivity index is 1.66. The summed E-state index contributed by atoms with van der Waals surface area (Å²) in [6, 6.07) is 21.3. The molecule has 0 radical (unpaired) electrons. The van der Waals surface area contributed by atoms with Gasteiger partial charge in [-0.2, -0.15) is 0 Å². The second-order valence-electron chi connectivity index (χ2n) is 8.53. The third kappa shape index (κ3) is 5.44. The van der Waals surface area contributed by atoms with Crippen molar-refractivity contribution in [1.29, 1.82) is 0 Å². The van der Waals surface area contributed by atoms with Gasteiger partial charge in [-0.3, -0.25) is 9.59 Å². The zero-order valence-electron chi connectivity index (χ0n) is 17.2. The average Bonchev–Trinajstić information content (AvgIpc) is 2.67. The zero-order chi connectivity index (χ0) is 21.0. The standard InChI is InChI=1S/C25H28N2O2/c1-25(2,3)21-12-9-17(10-13-21)15-22(24(26)29)27-23(28)16-18-8-11-19-6-4-5-7-20(19)14-18/h4-14,22H,15-16H2,1-3H3,(H2,26,29)(H,27,28)/t22-/m1/s1. The zero-order valence-corrected chi connectivity index (χ0v) is 17.2. The van der Waals surface area contributed by atoms with Gasteiger partial charge in [-0.25, -0.2) is 0 Å². The first-order valence-electron chi connectivity index (χ1n) is 9.88. The molecular formula is C25H28N2O2. The molecule has 0 aliphatic rings. The van der Waals surface area contributed by atoms with Crippen LogP contribution >= 0.6 is 0 Å². The number of benzene rings is 3. The number of amides is 2. The summed E-state index contributed by atoms with van der Waals surface area (Å²) in [5, 5.41) is 5.01. The summed E-state index contributed by atoms with van der Waals surface area (Å²) >= 11 is 0. The van der Waals surface area contributed by atoms with E-state index in [0.29, 0.717) is 6.42 Å². The molecule has 1 atom stereocenters. The van der Waals surface area contributed by atoms with Crippen LogP contribution in [0, 0.1) is 0 Å². The minimum atomic E-state index is -0.733. The van der Waals surface area contributed by atoms with E-state index in [9.17, 15) is 9.59 Å². The minimum Gasteiger partial charge on any atom is -0.368 e. The molecular weight excluding hydrogens is 360 g/mol. The number of carbonyl (C=O) groups excluding carboxylic acids is 2. The molecule has 2 amide bonds. The van der Waals surface area contributed by atoms with Gasteiger partial charge in [-0.05, 0) is 32.9 Å². The van der Waals surface area contributed by atoms with Crippen LogP contribution in [0.5, 0.6) is 0 Å². The lowest BCUT2D eigenvalue weighted by Crippen LogP contribution is -2.46. The van der Waals surface area contributed by atoms with Gasteiger partial charge in [0.2, 0.25) is 11.8 Å². The minimum absolute atomic E-state index is 0.0652. The molecule has 4 nitrogen and oxygen atoms in total. The highest BCUT2D eigenvalue weighted by Crippen LogP contribution is 2.22. The van der Waals surface area contributed by atoms with Crippen molar-refractivity contribution in [2.45, 2.75) is 45.1 Å². The number of carbonyl (C=O) groups is 2. The average molecular weight is 389 g/mol. The molecule has 0 aromatic heterocycles. The Labute approximate surface area is 172 Å². The smallest absolute Gasteiger partial charge is 0.240 e. The van der Waals surface area contributed by atoms with E-state index in [2.05, 4.69) is 38.2 Å². The molecule has 0 fully saturated rings. The van der Waals surface area contributed by atoms with Crippen LogP contribution in [0.4, 0.5) is 0 Å². The highest BCUT2D eigenvalue weighted by Gasteiger charge is 2.20. The van der Waals surface area contributed by atoms with Crippen molar-refractivity contribution in [2.75, 3.05) is 0 Å². The summed E-state index contributed by atoms with van der Waals surface area (Å²) in [6.45, 7) is 6.46. The van der Waals surface area contributed by atoms with Crippen LogP contribution in [0.1, 0.15) is 37.5 Å². The predicted octanol–water partition coefficient (Wildman–Crippen LogP) is 3.89. The largest absolute Gasteiger partial charge is 0.368 e. The molecule has 3 rings (SSSR count). The van der Waals surface area contributed by atoms with Crippen LogP contribution in [-0.4, -0.2) is 17.9 Å². The summed E-state index contributed by atoms with van der Waals surface area (Å²) in [5.41, 5.74) is 8.70. The van der Waals surface area contributed by atoms with Crippen LogP contribution in [-0.2, 0) is 27.8 Å². The monoisotopic (exact) mass is 388 g/mol. The first-order chi connectivity index (χ1) is 13.7. The van der Waals surface area contributed by atoms with E-state index in [1.807, 2.05) is 54.6 Å². The van der Waals surface area contributed by atoms with Crippen molar-refractivity contribution in [2.24, 2.45) is 5.73 Å². The molecule has 3 aromatic carbocycles. The fourth-order valence-electron chi connectivity index (χ4n) is 3.38. The van der Waals surface area contributed by atoms with E-state index < -0.39 is 11.9 Å². The summed E-state index contributed by atoms with van der Waals surface area (Å²) in [6.07, 6.45) is 0.584. The molecule has 0 aliphatic carbocycles. The number of primary amides is 1. The van der Waals surface area contributed by atoms with Crippen molar-refractivity contribution in [1.82, 2.24) is 5.32 Å². The molecule has 4 heteroatoms. The van der Waals surface area contributed by atoms with Gasteiger partial charge in [-0.1, -0.05) is 87.5 Å². The molecule has 3 N–H and O–H groups in total. The van der Waals surface area contributed by atoms with Gasteiger partial charge in [0.1, 0.15) is 6.04 Å². The van der Waals surface area contributed by atoms with Crippen LogP contribution in [0.15, 0.2) is 66.7 Å². The fraction of sp³-hybridized carbons (Fsp3) is 0.280. The molecule has 0 saturated carbocycles. The van der Waals surface area contributed by atoms with Gasteiger partial charge in [0.25, 0.3) is 0 Å². The molecule has 0 heterocycles. The Morgan fingerprint density at radius 2 is 1.52 bits per heavy atom. The van der Waals surface area contributed by atoms with Gasteiger partial charge < -0.3 is 11.1 Å². The lowest BCUT2D eigenvalue weighted by molar-refractivity contribution is -0.127. The molecule has 150 valence electrons.